The summed E-state index contributed by atoms with van der Waals surface area (Å²) in [7, 11) is 0. The quantitative estimate of drug-likeness (QED) is 0.205. The van der Waals surface area contributed by atoms with Crippen LogP contribution in [0.15, 0.2) is 35.5 Å². The molecule has 228 valence electrons. The van der Waals surface area contributed by atoms with Gasteiger partial charge in [0.15, 0.2) is 0 Å². The molecule has 1 amide bonds. The van der Waals surface area contributed by atoms with Gasteiger partial charge in [-0.2, -0.15) is 0 Å². The fraction of sp³-hybridized carbons (Fsp3) is 0.794. The fourth-order valence-corrected chi connectivity index (χ4v) is 7.55. The van der Waals surface area contributed by atoms with E-state index in [1.54, 1.807) is 5.57 Å². The van der Waals surface area contributed by atoms with Crippen molar-refractivity contribution in [1.82, 2.24) is 5.32 Å². The Morgan fingerprint density at radius 3 is 2.60 bits per heavy atom. The lowest BCUT2D eigenvalue weighted by Crippen LogP contribution is -2.36. The maximum absolute atomic E-state index is 12.3. The number of nitrogens with one attached hydrogen (secondary N) is 1. The highest BCUT2D eigenvalue weighted by Gasteiger charge is 2.50. The van der Waals surface area contributed by atoms with Crippen LogP contribution in [-0.2, 0) is 14.2 Å². The van der Waals surface area contributed by atoms with Crippen molar-refractivity contribution in [1.29, 1.82) is 0 Å². The molecule has 2 N–H and O–H groups in total. The fourth-order valence-electron chi connectivity index (χ4n) is 7.55. The topological polar surface area (TPSA) is 77.0 Å². The Balaban J connectivity index is 1.49. The number of alkyl carbamates (subject to hydrolysis) is 1. The van der Waals surface area contributed by atoms with E-state index in [1.165, 1.54) is 62.5 Å². The van der Waals surface area contributed by atoms with Gasteiger partial charge in [0.05, 0.1) is 33.0 Å². The second-order valence-corrected chi connectivity index (χ2v) is 13.1. The number of amides is 1. The predicted molar refractivity (Wildman–Crippen MR) is 162 cm³/mol. The second kappa shape index (κ2) is 16.7. The van der Waals surface area contributed by atoms with Crippen molar-refractivity contribution in [2.24, 2.45) is 29.1 Å². The van der Waals surface area contributed by atoms with Gasteiger partial charge in [0.25, 0.3) is 0 Å². The summed E-state index contributed by atoms with van der Waals surface area (Å²) in [5.41, 5.74) is 4.47. The molecule has 40 heavy (non-hydrogen) atoms. The van der Waals surface area contributed by atoms with E-state index < -0.39 is 6.09 Å². The first-order valence-corrected chi connectivity index (χ1v) is 16.0. The zero-order chi connectivity index (χ0) is 29.0. The lowest BCUT2D eigenvalue weighted by Gasteiger charge is -2.44. The molecule has 0 spiro atoms. The van der Waals surface area contributed by atoms with Gasteiger partial charge in [0.1, 0.15) is 6.10 Å². The summed E-state index contributed by atoms with van der Waals surface area (Å²) in [5, 5.41) is 11.5. The number of hydrogen-bond donors (Lipinski definition) is 2. The molecule has 5 atom stereocenters. The molecule has 3 aliphatic rings. The number of rotatable bonds is 15. The van der Waals surface area contributed by atoms with Gasteiger partial charge in [-0.05, 0) is 79.6 Å². The summed E-state index contributed by atoms with van der Waals surface area (Å²) in [6.07, 6.45) is 17.3. The van der Waals surface area contributed by atoms with Gasteiger partial charge >= 0.3 is 6.09 Å². The Labute approximate surface area is 244 Å². The van der Waals surface area contributed by atoms with Crippen LogP contribution in [0.3, 0.4) is 0 Å². The first-order chi connectivity index (χ1) is 19.2. The average molecular weight is 560 g/mol. The lowest BCUT2D eigenvalue weighted by molar-refractivity contribution is 0.0329. The minimum atomic E-state index is -0.391. The highest BCUT2D eigenvalue weighted by molar-refractivity contribution is 5.67. The molecular formula is C34H57NO5. The number of ether oxygens (including phenoxy) is 3. The van der Waals surface area contributed by atoms with Crippen molar-refractivity contribution >= 4 is 6.09 Å². The number of allylic oxidation sites excluding steroid dienone is 4. The van der Waals surface area contributed by atoms with Crippen LogP contribution < -0.4 is 5.32 Å². The highest BCUT2D eigenvalue weighted by Crippen LogP contribution is 2.60. The van der Waals surface area contributed by atoms with Crippen LogP contribution >= 0.6 is 0 Å². The molecular weight excluding hydrogens is 502 g/mol. The first kappa shape index (κ1) is 32.9. The van der Waals surface area contributed by atoms with Gasteiger partial charge in [-0.1, -0.05) is 76.8 Å². The Hall–Kier alpha value is -1.63. The van der Waals surface area contributed by atoms with Crippen molar-refractivity contribution < 1.29 is 24.1 Å². The molecule has 3 aliphatic carbocycles. The van der Waals surface area contributed by atoms with E-state index in [1.807, 2.05) is 0 Å². The summed E-state index contributed by atoms with van der Waals surface area (Å²) in [4.78, 5) is 12.3. The molecule has 3 saturated carbocycles. The third kappa shape index (κ3) is 9.73. The van der Waals surface area contributed by atoms with Gasteiger partial charge in [-0.25, -0.2) is 4.79 Å². The monoisotopic (exact) mass is 559 g/mol. The van der Waals surface area contributed by atoms with Crippen LogP contribution in [0, 0.1) is 29.1 Å². The lowest BCUT2D eigenvalue weighted by atomic mass is 9.60. The van der Waals surface area contributed by atoms with E-state index in [0.717, 1.165) is 37.0 Å². The van der Waals surface area contributed by atoms with Crippen molar-refractivity contribution in [3.05, 3.63) is 35.5 Å². The number of fused-ring (bicyclic) bond motifs is 1. The number of aliphatic hydroxyl groups is 1. The molecule has 3 rings (SSSR count). The summed E-state index contributed by atoms with van der Waals surface area (Å²) in [6.45, 7) is 16.1. The molecule has 0 aromatic carbocycles. The minimum Gasteiger partial charge on any atom is -0.446 e. The summed E-state index contributed by atoms with van der Waals surface area (Å²) in [6, 6.07) is 0. The first-order valence-electron chi connectivity index (χ1n) is 16.0. The Morgan fingerprint density at radius 2 is 1.85 bits per heavy atom. The Bertz CT molecular complexity index is 864. The van der Waals surface area contributed by atoms with Gasteiger partial charge in [-0.15, -0.1) is 0 Å². The van der Waals surface area contributed by atoms with E-state index >= 15 is 0 Å². The van der Waals surface area contributed by atoms with Crippen molar-refractivity contribution in [3.63, 3.8) is 0 Å². The molecule has 0 heterocycles. The van der Waals surface area contributed by atoms with Gasteiger partial charge < -0.3 is 24.6 Å². The predicted octanol–water partition coefficient (Wildman–Crippen LogP) is 7.38. The highest BCUT2D eigenvalue weighted by atomic mass is 16.6. The maximum atomic E-state index is 12.3. The smallest absolute Gasteiger partial charge is 0.407 e. The molecule has 0 bridgehead atoms. The largest absolute Gasteiger partial charge is 0.446 e. The molecule has 6 nitrogen and oxygen atoms in total. The van der Waals surface area contributed by atoms with Gasteiger partial charge in [0, 0.05) is 13.0 Å². The van der Waals surface area contributed by atoms with E-state index in [2.05, 4.69) is 51.7 Å². The number of hydrogen-bond acceptors (Lipinski definition) is 5. The minimum absolute atomic E-state index is 0.00869. The van der Waals surface area contributed by atoms with Gasteiger partial charge in [-0.3, -0.25) is 0 Å². The van der Waals surface area contributed by atoms with E-state index in [4.69, 9.17) is 19.3 Å². The van der Waals surface area contributed by atoms with E-state index in [9.17, 15) is 4.79 Å². The normalized spacial score (nSPS) is 29.6. The number of carbonyl (C=O) groups excluding carboxylic acids is 1. The maximum Gasteiger partial charge on any atom is 0.407 e. The van der Waals surface area contributed by atoms with E-state index in [-0.39, 0.29) is 12.7 Å². The molecule has 0 saturated heterocycles. The van der Waals surface area contributed by atoms with Crippen molar-refractivity contribution in [2.75, 3.05) is 39.6 Å². The zero-order valence-corrected chi connectivity index (χ0v) is 25.8. The number of carbonyl (C=O) groups is 1. The SMILES string of the molecule is C=C1CCC(OC(=O)NCCOCCOCCO)CC1=CC=C1CCCC2(C)C1CCC2C(C)CCCC(C)C. The molecule has 5 unspecified atom stereocenters. The second-order valence-electron chi connectivity index (χ2n) is 13.1. The Morgan fingerprint density at radius 1 is 1.07 bits per heavy atom. The summed E-state index contributed by atoms with van der Waals surface area (Å²) in [5.74, 6) is 3.16. The average Bonchev–Trinajstić information content (AvgIpc) is 3.28. The molecule has 0 aromatic rings. The van der Waals surface area contributed by atoms with Crippen molar-refractivity contribution in [3.8, 4) is 0 Å². The standard InChI is InChI=1S/C34H57NO5/c1-25(2)8-6-9-27(4)31-15-16-32-28(10-7-17-34(31,32)5)12-13-29-24-30(14-11-26(29)3)40-33(37)35-18-20-38-22-23-39-21-19-36/h12-13,25,27,30-32,36H,3,6-11,14-24H2,1-2,4-5H3,(H,35,37). The third-order valence-corrected chi connectivity index (χ3v) is 9.73. The molecule has 6 heteroatoms. The van der Waals surface area contributed by atoms with Crippen LogP contribution in [0.2, 0.25) is 0 Å². The number of aliphatic hydroxyl groups excluding tert-OH is 1. The van der Waals surface area contributed by atoms with Crippen LogP contribution in [0.1, 0.15) is 98.3 Å². The van der Waals surface area contributed by atoms with Crippen LogP contribution in [0.4, 0.5) is 4.79 Å². The Kier molecular flexibility index (Phi) is 13.7. The van der Waals surface area contributed by atoms with Crippen LogP contribution in [-0.4, -0.2) is 56.9 Å². The van der Waals surface area contributed by atoms with Crippen LogP contribution in [0.5, 0.6) is 0 Å². The van der Waals surface area contributed by atoms with Crippen LogP contribution in [0.25, 0.3) is 0 Å². The molecule has 0 radical (unpaired) electrons. The third-order valence-electron chi connectivity index (χ3n) is 9.73. The van der Waals surface area contributed by atoms with Gasteiger partial charge in [0.2, 0.25) is 0 Å². The summed E-state index contributed by atoms with van der Waals surface area (Å²) < 4.78 is 16.3. The molecule has 3 fully saturated rings. The van der Waals surface area contributed by atoms with E-state index in [0.29, 0.717) is 44.3 Å². The molecule has 0 aliphatic heterocycles. The molecule has 0 aromatic heterocycles. The summed E-state index contributed by atoms with van der Waals surface area (Å²) >= 11 is 0. The van der Waals surface area contributed by atoms with Crippen molar-refractivity contribution in [2.45, 2.75) is 104 Å². The zero-order valence-electron chi connectivity index (χ0n) is 25.8.